The highest BCUT2D eigenvalue weighted by Gasteiger charge is 2.16. The average molecular weight is 409 g/mol. The second-order valence-corrected chi connectivity index (χ2v) is 6.20. The van der Waals surface area contributed by atoms with Crippen LogP contribution in [0.3, 0.4) is 0 Å². The summed E-state index contributed by atoms with van der Waals surface area (Å²) >= 11 is 1.64. The number of guanidine groups is 1. The molecule has 1 fully saturated rings. The Balaban J connectivity index is 0.00000200. The monoisotopic (exact) mass is 409 g/mol. The van der Waals surface area contributed by atoms with Crippen molar-refractivity contribution in [3.63, 3.8) is 0 Å². The van der Waals surface area contributed by atoms with Crippen molar-refractivity contribution in [2.75, 3.05) is 32.1 Å². The molecule has 0 amide bonds. The topological polar surface area (TPSA) is 57.8 Å². The van der Waals surface area contributed by atoms with E-state index in [-0.39, 0.29) is 24.0 Å². The maximum Gasteiger partial charge on any atom is 0.191 e. The molecule has 0 aliphatic carbocycles. The Morgan fingerprint density at radius 1 is 1.50 bits per heavy atom. The van der Waals surface area contributed by atoms with Crippen LogP contribution in [0.25, 0.3) is 0 Å². The predicted molar refractivity (Wildman–Crippen MR) is 97.2 cm³/mol. The zero-order valence-electron chi connectivity index (χ0n) is 12.4. The van der Waals surface area contributed by atoms with Crippen LogP contribution in [0.1, 0.15) is 25.5 Å². The third kappa shape index (κ3) is 4.76. The Kier molecular flexibility index (Phi) is 7.01. The van der Waals surface area contributed by atoms with Gasteiger partial charge in [0.25, 0.3) is 0 Å². The molecular formula is C13H24IN5S. The molecule has 0 unspecified atom stereocenters. The number of halogens is 1. The first kappa shape index (κ1) is 17.5. The Morgan fingerprint density at radius 3 is 2.70 bits per heavy atom. The van der Waals surface area contributed by atoms with Crippen molar-refractivity contribution in [3.05, 3.63) is 11.1 Å². The van der Waals surface area contributed by atoms with E-state index in [1.54, 1.807) is 11.3 Å². The van der Waals surface area contributed by atoms with Gasteiger partial charge in [-0.1, -0.05) is 6.92 Å². The molecule has 1 aliphatic heterocycles. The van der Waals surface area contributed by atoms with Gasteiger partial charge in [0.15, 0.2) is 11.1 Å². The van der Waals surface area contributed by atoms with Crippen LogP contribution in [-0.4, -0.2) is 43.0 Å². The summed E-state index contributed by atoms with van der Waals surface area (Å²) in [7, 11) is 3.99. The van der Waals surface area contributed by atoms with E-state index in [1.807, 2.05) is 24.4 Å². The van der Waals surface area contributed by atoms with Gasteiger partial charge in [-0.25, -0.2) is 9.98 Å². The first-order chi connectivity index (χ1) is 9.06. The summed E-state index contributed by atoms with van der Waals surface area (Å²) in [5.74, 6) is 1.47. The molecule has 0 atom stereocenters. The molecule has 1 aromatic heterocycles. The van der Waals surface area contributed by atoms with Crippen molar-refractivity contribution >= 4 is 46.4 Å². The lowest BCUT2D eigenvalue weighted by Crippen LogP contribution is -2.42. The fourth-order valence-corrected chi connectivity index (χ4v) is 2.82. The second kappa shape index (κ2) is 8.02. The number of anilines is 1. The Hall–Kier alpha value is -0.570. The van der Waals surface area contributed by atoms with Crippen LogP contribution < -0.4 is 10.6 Å². The molecule has 0 bridgehead atoms. The molecule has 114 valence electrons. The van der Waals surface area contributed by atoms with E-state index >= 15 is 0 Å². The van der Waals surface area contributed by atoms with Crippen LogP contribution in [0.15, 0.2) is 10.4 Å². The number of piperidine rings is 1. The number of aromatic nitrogens is 1. The van der Waals surface area contributed by atoms with Gasteiger partial charge in [0.1, 0.15) is 0 Å². The van der Waals surface area contributed by atoms with E-state index in [1.165, 1.54) is 12.8 Å². The second-order valence-electron chi connectivity index (χ2n) is 5.36. The summed E-state index contributed by atoms with van der Waals surface area (Å²) in [5.41, 5.74) is 7.04. The molecule has 5 nitrogen and oxygen atoms in total. The molecule has 7 heteroatoms. The van der Waals surface area contributed by atoms with Crippen LogP contribution in [0, 0.1) is 5.92 Å². The molecule has 2 rings (SSSR count). The number of aliphatic imine (C=N–C) groups is 1. The summed E-state index contributed by atoms with van der Waals surface area (Å²) in [6.07, 6.45) is 2.41. The molecule has 2 heterocycles. The van der Waals surface area contributed by atoms with Gasteiger partial charge in [-0.3, -0.25) is 0 Å². The van der Waals surface area contributed by atoms with Gasteiger partial charge < -0.3 is 15.5 Å². The van der Waals surface area contributed by atoms with Crippen molar-refractivity contribution in [3.8, 4) is 0 Å². The van der Waals surface area contributed by atoms with Gasteiger partial charge in [-0.05, 0) is 18.8 Å². The number of hydrogen-bond acceptors (Lipinski definition) is 4. The average Bonchev–Trinajstić information content (AvgIpc) is 2.86. The smallest absolute Gasteiger partial charge is 0.191 e. The lowest BCUT2D eigenvalue weighted by Gasteiger charge is -2.30. The van der Waals surface area contributed by atoms with Gasteiger partial charge in [-0.15, -0.1) is 35.3 Å². The van der Waals surface area contributed by atoms with Gasteiger partial charge >= 0.3 is 0 Å². The highest BCUT2D eigenvalue weighted by atomic mass is 127. The number of hydrogen-bond donors (Lipinski definition) is 1. The summed E-state index contributed by atoms with van der Waals surface area (Å²) in [6.45, 7) is 4.91. The Labute approximate surface area is 142 Å². The quantitative estimate of drug-likeness (QED) is 0.473. The predicted octanol–water partition coefficient (Wildman–Crippen LogP) is 2.37. The molecule has 0 saturated carbocycles. The molecule has 0 aromatic carbocycles. The third-order valence-corrected chi connectivity index (χ3v) is 4.49. The van der Waals surface area contributed by atoms with E-state index < -0.39 is 0 Å². The van der Waals surface area contributed by atoms with E-state index in [0.717, 1.165) is 29.8 Å². The fourth-order valence-electron chi connectivity index (χ4n) is 2.07. The zero-order valence-corrected chi connectivity index (χ0v) is 15.5. The van der Waals surface area contributed by atoms with Crippen LogP contribution in [0.2, 0.25) is 0 Å². The molecule has 0 radical (unpaired) electrons. The van der Waals surface area contributed by atoms with Crippen molar-refractivity contribution < 1.29 is 0 Å². The largest absolute Gasteiger partial charge is 0.370 e. The van der Waals surface area contributed by atoms with Crippen molar-refractivity contribution in [1.82, 2.24) is 9.88 Å². The van der Waals surface area contributed by atoms with Crippen LogP contribution >= 0.6 is 35.3 Å². The maximum absolute atomic E-state index is 6.05. The van der Waals surface area contributed by atoms with Crippen molar-refractivity contribution in [1.29, 1.82) is 0 Å². The number of thiazole rings is 1. The minimum Gasteiger partial charge on any atom is -0.370 e. The highest BCUT2D eigenvalue weighted by molar-refractivity contribution is 14.0. The van der Waals surface area contributed by atoms with Crippen molar-refractivity contribution in [2.24, 2.45) is 16.6 Å². The molecule has 1 aromatic rings. The summed E-state index contributed by atoms with van der Waals surface area (Å²) < 4.78 is 0. The van der Waals surface area contributed by atoms with Gasteiger partial charge in [0.05, 0.1) is 12.2 Å². The molecular weight excluding hydrogens is 385 g/mol. The number of nitrogens with zero attached hydrogens (tertiary/aromatic N) is 4. The zero-order chi connectivity index (χ0) is 13.8. The van der Waals surface area contributed by atoms with Gasteiger partial charge in [0.2, 0.25) is 0 Å². The molecule has 1 saturated heterocycles. The minimum absolute atomic E-state index is 0. The minimum atomic E-state index is 0. The highest BCUT2D eigenvalue weighted by Crippen LogP contribution is 2.19. The van der Waals surface area contributed by atoms with E-state index in [9.17, 15) is 0 Å². The van der Waals surface area contributed by atoms with Crippen molar-refractivity contribution in [2.45, 2.75) is 26.3 Å². The first-order valence-electron chi connectivity index (χ1n) is 6.73. The van der Waals surface area contributed by atoms with E-state index in [4.69, 9.17) is 5.73 Å². The number of rotatable bonds is 3. The van der Waals surface area contributed by atoms with Crippen LogP contribution in [-0.2, 0) is 6.54 Å². The Morgan fingerprint density at radius 2 is 2.15 bits per heavy atom. The van der Waals surface area contributed by atoms with E-state index in [0.29, 0.717) is 12.5 Å². The standard InChI is InChI=1S/C13H23N5S.HI/c1-10-4-6-18(7-5-10)12(14)15-8-11-9-19-13(16-11)17(2)3;/h9-10H,4-8H2,1-3H3,(H2,14,15);1H. The molecule has 20 heavy (non-hydrogen) atoms. The number of likely N-dealkylation sites (tertiary alicyclic amines) is 1. The van der Waals surface area contributed by atoms with E-state index in [2.05, 4.69) is 21.8 Å². The summed E-state index contributed by atoms with van der Waals surface area (Å²) in [5, 5.41) is 3.06. The number of nitrogens with two attached hydrogens (primary N) is 1. The fraction of sp³-hybridized carbons (Fsp3) is 0.692. The summed E-state index contributed by atoms with van der Waals surface area (Å²) in [6, 6.07) is 0. The normalized spacial score (nSPS) is 16.9. The SMILES string of the molecule is CC1CCN(C(N)=NCc2csc(N(C)C)n2)CC1.I. The van der Waals surface area contributed by atoms with Gasteiger partial charge in [0, 0.05) is 32.6 Å². The lowest BCUT2D eigenvalue weighted by atomic mass is 10.00. The summed E-state index contributed by atoms with van der Waals surface area (Å²) in [4.78, 5) is 13.2. The molecule has 0 spiro atoms. The first-order valence-corrected chi connectivity index (χ1v) is 7.61. The Bertz CT molecular complexity index is 438. The molecule has 1 aliphatic rings. The van der Waals surface area contributed by atoms with Crippen LogP contribution in [0.5, 0.6) is 0 Å². The maximum atomic E-state index is 6.05. The third-order valence-electron chi connectivity index (χ3n) is 3.43. The van der Waals surface area contributed by atoms with Crippen LogP contribution in [0.4, 0.5) is 5.13 Å². The van der Waals surface area contributed by atoms with Gasteiger partial charge in [-0.2, -0.15) is 0 Å². The molecule has 2 N–H and O–H groups in total. The lowest BCUT2D eigenvalue weighted by molar-refractivity contribution is 0.277.